The fourth-order valence-corrected chi connectivity index (χ4v) is 2.93. The van der Waals surface area contributed by atoms with Gasteiger partial charge >= 0.3 is 5.97 Å². The predicted octanol–water partition coefficient (Wildman–Crippen LogP) is 2.95. The first-order chi connectivity index (χ1) is 8.95. The van der Waals surface area contributed by atoms with Crippen molar-refractivity contribution in [1.29, 1.82) is 0 Å². The molecule has 2 atom stereocenters. The minimum absolute atomic E-state index is 0.206. The molecular formula is C16H23NO2. The van der Waals surface area contributed by atoms with Crippen molar-refractivity contribution in [2.45, 2.75) is 51.1 Å². The van der Waals surface area contributed by atoms with Crippen LogP contribution in [0.5, 0.6) is 0 Å². The number of hydrogen-bond donors (Lipinski definition) is 1. The molecule has 3 heteroatoms. The summed E-state index contributed by atoms with van der Waals surface area (Å²) in [4.78, 5) is 11.5. The quantitative estimate of drug-likeness (QED) is 0.850. The van der Waals surface area contributed by atoms with Crippen molar-refractivity contribution in [2.75, 3.05) is 7.11 Å². The number of methoxy groups -OCH3 is 1. The maximum absolute atomic E-state index is 11.5. The van der Waals surface area contributed by atoms with E-state index in [9.17, 15) is 4.79 Å². The van der Waals surface area contributed by atoms with Gasteiger partial charge in [-0.15, -0.1) is 0 Å². The van der Waals surface area contributed by atoms with Crippen LogP contribution in [0.2, 0.25) is 0 Å². The van der Waals surface area contributed by atoms with Crippen molar-refractivity contribution in [3.63, 3.8) is 0 Å². The zero-order valence-corrected chi connectivity index (χ0v) is 12.2. The van der Waals surface area contributed by atoms with Gasteiger partial charge < -0.3 is 4.74 Å². The normalized spacial score (nSPS) is 22.4. The minimum atomic E-state index is -0.274. The molecule has 0 spiro atoms. The first kappa shape index (κ1) is 14.1. The van der Waals surface area contributed by atoms with Crippen LogP contribution in [0.1, 0.15) is 50.8 Å². The molecular weight excluding hydrogens is 238 g/mol. The summed E-state index contributed by atoms with van der Waals surface area (Å²) in [6.07, 6.45) is 2.17. The van der Waals surface area contributed by atoms with Crippen LogP contribution in [0.4, 0.5) is 0 Å². The highest BCUT2D eigenvalue weighted by molar-refractivity contribution is 5.75. The van der Waals surface area contributed by atoms with E-state index in [4.69, 9.17) is 4.74 Å². The lowest BCUT2D eigenvalue weighted by Crippen LogP contribution is -2.40. The third kappa shape index (κ3) is 2.81. The first-order valence-electron chi connectivity index (χ1n) is 6.89. The number of rotatable bonds is 3. The third-order valence-corrected chi connectivity index (χ3v) is 4.13. The molecule has 0 aromatic heterocycles. The molecule has 0 aliphatic heterocycles. The summed E-state index contributed by atoms with van der Waals surface area (Å²) in [5.41, 5.74) is 2.91. The van der Waals surface area contributed by atoms with E-state index in [0.29, 0.717) is 0 Å². The van der Waals surface area contributed by atoms with Crippen molar-refractivity contribution >= 4 is 5.97 Å². The summed E-state index contributed by atoms with van der Waals surface area (Å²) in [6, 6.07) is 8.48. The second-order valence-electron chi connectivity index (χ2n) is 5.97. The number of fused-ring (bicyclic) bond motifs is 1. The van der Waals surface area contributed by atoms with Gasteiger partial charge in [-0.1, -0.05) is 38.1 Å². The Morgan fingerprint density at radius 1 is 1.42 bits per heavy atom. The second-order valence-corrected chi connectivity index (χ2v) is 5.97. The molecule has 0 saturated carbocycles. The Labute approximate surface area is 115 Å². The molecule has 0 saturated heterocycles. The highest BCUT2D eigenvalue weighted by atomic mass is 16.5. The summed E-state index contributed by atoms with van der Waals surface area (Å²) in [7, 11) is 1.43. The first-order valence-corrected chi connectivity index (χ1v) is 6.89. The van der Waals surface area contributed by atoms with Crippen molar-refractivity contribution in [3.05, 3.63) is 35.4 Å². The van der Waals surface area contributed by atoms with Gasteiger partial charge in [0, 0.05) is 6.04 Å². The molecule has 0 heterocycles. The summed E-state index contributed by atoms with van der Waals surface area (Å²) >= 11 is 0. The van der Waals surface area contributed by atoms with E-state index in [-0.39, 0.29) is 23.5 Å². The van der Waals surface area contributed by atoms with Crippen LogP contribution < -0.4 is 5.32 Å². The van der Waals surface area contributed by atoms with Gasteiger partial charge in [0.2, 0.25) is 0 Å². The molecule has 19 heavy (non-hydrogen) atoms. The van der Waals surface area contributed by atoms with Gasteiger partial charge in [-0.3, -0.25) is 10.1 Å². The number of carbonyl (C=O) groups is 1. The van der Waals surface area contributed by atoms with Gasteiger partial charge in [0.25, 0.3) is 0 Å². The fourth-order valence-electron chi connectivity index (χ4n) is 2.93. The SMILES string of the molecule is COC(=O)[C@H](C)NC1CCC(C)(C)c2ccccc21. The standard InChI is InChI=1S/C16H23NO2/c1-11(15(18)19-4)17-14-9-10-16(2,3)13-8-6-5-7-12(13)14/h5-8,11,14,17H,9-10H2,1-4H3/t11-,14?/m0/s1. The van der Waals surface area contributed by atoms with Crippen molar-refractivity contribution < 1.29 is 9.53 Å². The van der Waals surface area contributed by atoms with E-state index in [0.717, 1.165) is 12.8 Å². The number of esters is 1. The van der Waals surface area contributed by atoms with Crippen LogP contribution in [0.15, 0.2) is 24.3 Å². The molecule has 1 aliphatic rings. The van der Waals surface area contributed by atoms with Gasteiger partial charge in [-0.25, -0.2) is 0 Å². The lowest BCUT2D eigenvalue weighted by Gasteiger charge is -2.38. The summed E-state index contributed by atoms with van der Waals surface area (Å²) in [6.45, 7) is 6.42. The highest BCUT2D eigenvalue weighted by Gasteiger charge is 2.33. The van der Waals surface area contributed by atoms with Crippen LogP contribution in [0, 0.1) is 0 Å². The van der Waals surface area contributed by atoms with Crippen molar-refractivity contribution in [1.82, 2.24) is 5.32 Å². The predicted molar refractivity (Wildman–Crippen MR) is 76.1 cm³/mol. The molecule has 0 fully saturated rings. The zero-order valence-electron chi connectivity index (χ0n) is 12.2. The molecule has 0 amide bonds. The van der Waals surface area contributed by atoms with Crippen LogP contribution >= 0.6 is 0 Å². The van der Waals surface area contributed by atoms with Crippen molar-refractivity contribution in [2.24, 2.45) is 0 Å². The number of ether oxygens (including phenoxy) is 1. The molecule has 3 nitrogen and oxygen atoms in total. The van der Waals surface area contributed by atoms with E-state index < -0.39 is 0 Å². The van der Waals surface area contributed by atoms with Gasteiger partial charge in [0.15, 0.2) is 0 Å². The van der Waals surface area contributed by atoms with E-state index in [1.807, 2.05) is 6.92 Å². The Bertz CT molecular complexity index is 468. The van der Waals surface area contributed by atoms with Gasteiger partial charge in [0.05, 0.1) is 7.11 Å². The fraction of sp³-hybridized carbons (Fsp3) is 0.562. The maximum atomic E-state index is 11.5. The molecule has 1 aromatic carbocycles. The molecule has 0 bridgehead atoms. The lowest BCUT2D eigenvalue weighted by atomic mass is 9.71. The number of nitrogens with one attached hydrogen (secondary N) is 1. The average molecular weight is 261 g/mol. The van der Waals surface area contributed by atoms with E-state index in [2.05, 4.69) is 43.4 Å². The largest absolute Gasteiger partial charge is 0.468 e. The van der Waals surface area contributed by atoms with Crippen LogP contribution in [-0.2, 0) is 14.9 Å². The Morgan fingerprint density at radius 2 is 2.11 bits per heavy atom. The summed E-state index contributed by atoms with van der Waals surface area (Å²) in [5, 5.41) is 3.39. The van der Waals surface area contributed by atoms with Crippen LogP contribution in [-0.4, -0.2) is 19.1 Å². The minimum Gasteiger partial charge on any atom is -0.468 e. The zero-order chi connectivity index (χ0) is 14.0. The number of benzene rings is 1. The molecule has 1 aliphatic carbocycles. The van der Waals surface area contributed by atoms with Crippen LogP contribution in [0.3, 0.4) is 0 Å². The topological polar surface area (TPSA) is 38.3 Å². The molecule has 0 radical (unpaired) electrons. The summed E-state index contributed by atoms with van der Waals surface area (Å²) in [5.74, 6) is -0.206. The Morgan fingerprint density at radius 3 is 2.79 bits per heavy atom. The molecule has 1 aromatic rings. The van der Waals surface area contributed by atoms with E-state index in [1.54, 1.807) is 0 Å². The Hall–Kier alpha value is -1.35. The van der Waals surface area contributed by atoms with Crippen LogP contribution in [0.25, 0.3) is 0 Å². The Kier molecular flexibility index (Phi) is 3.95. The highest BCUT2D eigenvalue weighted by Crippen LogP contribution is 2.41. The van der Waals surface area contributed by atoms with E-state index in [1.165, 1.54) is 18.2 Å². The van der Waals surface area contributed by atoms with Gasteiger partial charge in [-0.2, -0.15) is 0 Å². The summed E-state index contributed by atoms with van der Waals surface area (Å²) < 4.78 is 4.78. The monoisotopic (exact) mass is 261 g/mol. The van der Waals surface area contributed by atoms with Crippen molar-refractivity contribution in [3.8, 4) is 0 Å². The van der Waals surface area contributed by atoms with E-state index >= 15 is 0 Å². The smallest absolute Gasteiger partial charge is 0.322 e. The number of hydrogen-bond acceptors (Lipinski definition) is 3. The van der Waals surface area contributed by atoms with Gasteiger partial charge in [0.1, 0.15) is 6.04 Å². The Balaban J connectivity index is 2.23. The maximum Gasteiger partial charge on any atom is 0.322 e. The lowest BCUT2D eigenvalue weighted by molar-refractivity contribution is -0.142. The third-order valence-electron chi connectivity index (χ3n) is 4.13. The molecule has 1 unspecified atom stereocenters. The molecule has 1 N–H and O–H groups in total. The number of carbonyl (C=O) groups excluding carboxylic acids is 1. The van der Waals surface area contributed by atoms with Gasteiger partial charge in [-0.05, 0) is 36.3 Å². The average Bonchev–Trinajstić information content (AvgIpc) is 2.41. The molecule has 104 valence electrons. The molecule has 2 rings (SSSR count). The second kappa shape index (κ2) is 5.33.